The Morgan fingerprint density at radius 3 is 1.43 bits per heavy atom. The first kappa shape index (κ1) is 47.6. The molecule has 0 spiro atoms. The van der Waals surface area contributed by atoms with Crippen molar-refractivity contribution in [3.8, 4) is 0 Å². The van der Waals surface area contributed by atoms with Gasteiger partial charge in [-0.25, -0.2) is 0 Å². The van der Waals surface area contributed by atoms with E-state index in [0.717, 1.165) is 6.92 Å². The van der Waals surface area contributed by atoms with E-state index in [0.29, 0.717) is 0 Å². The molecule has 5 aliphatic heterocycles. The number of amides is 1. The average Bonchev–Trinajstić information content (AvgIpc) is 3.19. The molecule has 25 atom stereocenters. The zero-order valence-corrected chi connectivity index (χ0v) is 31.1. The normalized spacial score (nSPS) is 51.6. The second-order valence-electron chi connectivity index (χ2n) is 14.7. The summed E-state index contributed by atoms with van der Waals surface area (Å²) in [6.45, 7) is -1.34. The van der Waals surface area contributed by atoms with Crippen molar-refractivity contribution in [3.05, 3.63) is 0 Å². The van der Waals surface area contributed by atoms with Crippen molar-refractivity contribution in [1.82, 2.24) is 5.32 Å². The average molecular weight is 854 g/mol. The zero-order chi connectivity index (χ0) is 42.9. The molecule has 16 N–H and O–H groups in total. The molecule has 58 heavy (non-hydrogen) atoms. The molecule has 0 aromatic carbocycles. The van der Waals surface area contributed by atoms with E-state index in [9.17, 15) is 81.4 Å². The van der Waals surface area contributed by atoms with Gasteiger partial charge in [0.1, 0.15) is 116 Å². The highest BCUT2D eigenvalue weighted by atomic mass is 16.8. The lowest BCUT2D eigenvalue weighted by molar-refractivity contribution is -0.392. The molecule has 0 aliphatic carbocycles. The summed E-state index contributed by atoms with van der Waals surface area (Å²) in [6, 6.07) is -1.67. The Kier molecular flexibility index (Phi) is 16.5. The van der Waals surface area contributed by atoms with Crippen molar-refractivity contribution in [2.24, 2.45) is 0 Å². The van der Waals surface area contributed by atoms with Crippen LogP contribution in [-0.2, 0) is 47.4 Å². The van der Waals surface area contributed by atoms with Crippen LogP contribution in [0.15, 0.2) is 0 Å². The predicted octanol–water partition coefficient (Wildman–Crippen LogP) is -10.8. The number of aliphatic hydroxyl groups excluding tert-OH is 15. The summed E-state index contributed by atoms with van der Waals surface area (Å²) in [6.07, 6.45) is -43.4. The van der Waals surface area contributed by atoms with Crippen LogP contribution < -0.4 is 5.32 Å². The summed E-state index contributed by atoms with van der Waals surface area (Å²) in [5.74, 6) is -0.801. The second-order valence-corrected chi connectivity index (χ2v) is 14.7. The fourth-order valence-electron chi connectivity index (χ4n) is 7.36. The third-order valence-corrected chi connectivity index (χ3v) is 10.7. The molecular formula is C32H55NO25. The Hall–Kier alpha value is -1.49. The first-order chi connectivity index (χ1) is 27.4. The highest BCUT2D eigenvalue weighted by Crippen LogP contribution is 2.36. The number of hydrogen-bond acceptors (Lipinski definition) is 25. The monoisotopic (exact) mass is 853 g/mol. The fraction of sp³-hybridized carbons (Fsp3) is 0.969. The van der Waals surface area contributed by atoms with Crippen LogP contribution in [0.4, 0.5) is 0 Å². The molecule has 338 valence electrons. The van der Waals surface area contributed by atoms with Crippen LogP contribution in [0.25, 0.3) is 0 Å². The van der Waals surface area contributed by atoms with Crippen LogP contribution in [-0.4, -0.2) is 262 Å². The van der Waals surface area contributed by atoms with E-state index in [1.807, 2.05) is 0 Å². The molecule has 0 unspecified atom stereocenters. The number of carbonyl (C=O) groups excluding carboxylic acids is 1. The molecule has 5 rings (SSSR count). The minimum absolute atomic E-state index is 0.801. The van der Waals surface area contributed by atoms with E-state index in [2.05, 4.69) is 5.32 Å². The molecule has 5 saturated heterocycles. The van der Waals surface area contributed by atoms with Gasteiger partial charge >= 0.3 is 0 Å². The summed E-state index contributed by atoms with van der Waals surface area (Å²) < 4.78 is 50.8. The van der Waals surface area contributed by atoms with Gasteiger partial charge in [0.15, 0.2) is 31.5 Å². The van der Waals surface area contributed by atoms with Crippen LogP contribution >= 0.6 is 0 Å². The summed E-state index contributed by atoms with van der Waals surface area (Å²) in [5, 5.41) is 160. The molecule has 0 bridgehead atoms. The van der Waals surface area contributed by atoms with Crippen LogP contribution in [0.1, 0.15) is 13.8 Å². The first-order valence-corrected chi connectivity index (χ1v) is 18.5. The number of ether oxygens (including phenoxy) is 9. The summed E-state index contributed by atoms with van der Waals surface area (Å²) in [7, 11) is 0. The smallest absolute Gasteiger partial charge is 0.217 e. The van der Waals surface area contributed by atoms with E-state index >= 15 is 0 Å². The van der Waals surface area contributed by atoms with Crippen molar-refractivity contribution in [1.29, 1.82) is 0 Å². The van der Waals surface area contributed by atoms with Crippen molar-refractivity contribution in [2.75, 3.05) is 26.4 Å². The maximum absolute atomic E-state index is 12.5. The predicted molar refractivity (Wildman–Crippen MR) is 177 cm³/mol. The van der Waals surface area contributed by atoms with Gasteiger partial charge in [0.25, 0.3) is 0 Å². The Morgan fingerprint density at radius 2 is 0.879 bits per heavy atom. The SMILES string of the molecule is CC(=O)N[C@H]1[C@H](O[C@H]2[C@@H](O)[C@@H](CO)O[C@@H](O[C@H]3[C@H](O[C@H]4O[C@H](C)[C@H](O)[C@H](O)[C@H]4O)[C@@H](O)[C@H](O)O[C@@H]3CO)[C@@H]2O)O[C@H](CO)[C@@H](O)[C@@H]1O[C@@H]1O[C@H](CO)[C@H](O)[C@H](O)[C@H]1O. The molecule has 5 fully saturated rings. The second kappa shape index (κ2) is 20.1. The third kappa shape index (κ3) is 9.75. The lowest BCUT2D eigenvalue weighted by Crippen LogP contribution is -2.70. The van der Waals surface area contributed by atoms with E-state index in [1.54, 1.807) is 0 Å². The van der Waals surface area contributed by atoms with Crippen LogP contribution in [0.5, 0.6) is 0 Å². The molecule has 26 heteroatoms. The molecule has 0 aromatic heterocycles. The van der Waals surface area contributed by atoms with E-state index < -0.39 is 186 Å². The Bertz CT molecular complexity index is 1310. The Labute approximate surface area is 329 Å². The topological polar surface area (TPSA) is 416 Å². The standard InChI is InChI=1S/C32H55NO25/c1-7-14(39)18(43)20(45)30(50-7)58-27-22(47)28(49)51-12(6-37)24(27)55-32-23(48)26(17(42)11(5-36)54-32)57-29-13(33-8(2)38)25(16(41)10(4-35)52-29)56-31-21(46)19(44)15(40)9(3-34)53-31/h7,9-32,34-37,39-49H,3-6H2,1-2H3,(H,33,38)/t7-,9-,10-,11-,12-,13-,14+,15+,16-,17+,18+,19+,20-,21-,22-,23-,24-,25-,26+,27-,28-,29+,30-,31+,32+/m1/s1. The molecule has 0 radical (unpaired) electrons. The Balaban J connectivity index is 1.42. The van der Waals surface area contributed by atoms with Crippen molar-refractivity contribution < 1.29 is 124 Å². The van der Waals surface area contributed by atoms with E-state index in [-0.39, 0.29) is 0 Å². The molecule has 5 aliphatic rings. The zero-order valence-electron chi connectivity index (χ0n) is 31.1. The van der Waals surface area contributed by atoms with Crippen LogP contribution in [0.2, 0.25) is 0 Å². The lowest BCUT2D eigenvalue weighted by atomic mass is 9.94. The van der Waals surface area contributed by atoms with Gasteiger partial charge in [-0.3, -0.25) is 4.79 Å². The lowest BCUT2D eigenvalue weighted by Gasteiger charge is -2.50. The number of nitrogens with one attached hydrogen (secondary N) is 1. The summed E-state index contributed by atoms with van der Waals surface area (Å²) in [4.78, 5) is 12.5. The summed E-state index contributed by atoms with van der Waals surface area (Å²) >= 11 is 0. The molecular weight excluding hydrogens is 798 g/mol. The fourth-order valence-corrected chi connectivity index (χ4v) is 7.36. The van der Waals surface area contributed by atoms with Gasteiger partial charge in [-0.1, -0.05) is 0 Å². The molecule has 5 heterocycles. The molecule has 26 nitrogen and oxygen atoms in total. The van der Waals surface area contributed by atoms with Gasteiger partial charge in [0.05, 0.1) is 32.5 Å². The molecule has 0 saturated carbocycles. The van der Waals surface area contributed by atoms with Crippen molar-refractivity contribution in [2.45, 2.75) is 167 Å². The summed E-state index contributed by atoms with van der Waals surface area (Å²) in [5.41, 5.74) is 0. The number of rotatable bonds is 13. The van der Waals surface area contributed by atoms with Gasteiger partial charge in [0.2, 0.25) is 5.91 Å². The van der Waals surface area contributed by atoms with Gasteiger partial charge in [-0.15, -0.1) is 0 Å². The van der Waals surface area contributed by atoms with Gasteiger partial charge in [-0.2, -0.15) is 0 Å². The largest absolute Gasteiger partial charge is 0.394 e. The maximum atomic E-state index is 12.5. The maximum Gasteiger partial charge on any atom is 0.217 e. The Morgan fingerprint density at radius 1 is 0.448 bits per heavy atom. The van der Waals surface area contributed by atoms with Gasteiger partial charge < -0.3 is 125 Å². The minimum Gasteiger partial charge on any atom is -0.394 e. The molecule has 1 amide bonds. The van der Waals surface area contributed by atoms with Crippen LogP contribution in [0, 0.1) is 0 Å². The van der Waals surface area contributed by atoms with Crippen LogP contribution in [0.3, 0.4) is 0 Å². The molecule has 0 aromatic rings. The van der Waals surface area contributed by atoms with Gasteiger partial charge in [-0.05, 0) is 6.92 Å². The highest BCUT2D eigenvalue weighted by molar-refractivity contribution is 5.73. The first-order valence-electron chi connectivity index (χ1n) is 18.5. The minimum atomic E-state index is -2.15. The number of hydrogen-bond donors (Lipinski definition) is 16. The number of carbonyl (C=O) groups is 1. The highest BCUT2D eigenvalue weighted by Gasteiger charge is 2.57. The number of aliphatic hydroxyl groups is 15. The van der Waals surface area contributed by atoms with Crippen molar-refractivity contribution >= 4 is 5.91 Å². The quantitative estimate of drug-likeness (QED) is 0.0818. The van der Waals surface area contributed by atoms with E-state index in [4.69, 9.17) is 42.6 Å². The third-order valence-electron chi connectivity index (χ3n) is 10.7. The van der Waals surface area contributed by atoms with Crippen molar-refractivity contribution in [3.63, 3.8) is 0 Å². The van der Waals surface area contributed by atoms with E-state index in [1.165, 1.54) is 6.92 Å². The van der Waals surface area contributed by atoms with Gasteiger partial charge in [0, 0.05) is 6.92 Å².